The van der Waals surface area contributed by atoms with Gasteiger partial charge in [-0.2, -0.15) is 0 Å². The van der Waals surface area contributed by atoms with Crippen LogP contribution in [0.5, 0.6) is 0 Å². The minimum Gasteiger partial charge on any atom is -0.294 e. The Balaban J connectivity index is 1.95. The molecule has 1 nitrogen and oxygen atoms in total. The van der Waals surface area contributed by atoms with Crippen LogP contribution in [0.25, 0.3) is 0 Å². The molecule has 0 saturated heterocycles. The number of rotatable bonds is 5. The van der Waals surface area contributed by atoms with Gasteiger partial charge in [-0.3, -0.25) is 4.79 Å². The SMILES string of the molecule is C/C(=C\C(=O)Cc1ccccc1)Cc1ccccc1. The van der Waals surface area contributed by atoms with Gasteiger partial charge in [0.25, 0.3) is 0 Å². The molecule has 2 rings (SSSR count). The molecular weight excluding hydrogens is 232 g/mol. The molecule has 96 valence electrons. The second-order valence-electron chi connectivity index (χ2n) is 4.78. The molecule has 0 heterocycles. The molecule has 0 radical (unpaired) electrons. The summed E-state index contributed by atoms with van der Waals surface area (Å²) in [6, 6.07) is 20.1. The molecule has 0 atom stereocenters. The fourth-order valence-corrected chi connectivity index (χ4v) is 2.09. The standard InChI is InChI=1S/C18H18O/c1-15(12-16-8-4-2-5-9-16)13-18(19)14-17-10-6-3-7-11-17/h2-11,13H,12,14H2,1H3/b15-13+. The molecule has 0 saturated carbocycles. The van der Waals surface area contributed by atoms with E-state index in [9.17, 15) is 4.79 Å². The maximum absolute atomic E-state index is 11.9. The molecule has 1 heteroatoms. The van der Waals surface area contributed by atoms with Crippen LogP contribution < -0.4 is 0 Å². The predicted octanol–water partition coefficient (Wildman–Crippen LogP) is 3.99. The molecule has 0 aromatic heterocycles. The maximum Gasteiger partial charge on any atom is 0.160 e. The summed E-state index contributed by atoms with van der Waals surface area (Å²) < 4.78 is 0. The van der Waals surface area contributed by atoms with Crippen LogP contribution >= 0.6 is 0 Å². The first kappa shape index (κ1) is 13.3. The molecule has 0 amide bonds. The van der Waals surface area contributed by atoms with E-state index in [-0.39, 0.29) is 5.78 Å². The van der Waals surface area contributed by atoms with E-state index in [1.165, 1.54) is 5.56 Å². The summed E-state index contributed by atoms with van der Waals surface area (Å²) in [6.07, 6.45) is 3.08. The maximum atomic E-state index is 11.9. The van der Waals surface area contributed by atoms with Gasteiger partial charge in [-0.05, 0) is 30.5 Å². The highest BCUT2D eigenvalue weighted by atomic mass is 16.1. The molecule has 0 bridgehead atoms. The van der Waals surface area contributed by atoms with Crippen molar-refractivity contribution in [3.05, 3.63) is 83.4 Å². The van der Waals surface area contributed by atoms with Crippen molar-refractivity contribution < 1.29 is 4.79 Å². The van der Waals surface area contributed by atoms with E-state index in [0.29, 0.717) is 6.42 Å². The van der Waals surface area contributed by atoms with E-state index >= 15 is 0 Å². The first-order chi connectivity index (χ1) is 9.24. The molecule has 0 unspecified atom stereocenters. The van der Waals surface area contributed by atoms with Crippen LogP contribution in [0.1, 0.15) is 18.1 Å². The van der Waals surface area contributed by atoms with Crippen molar-refractivity contribution in [1.29, 1.82) is 0 Å². The van der Waals surface area contributed by atoms with Crippen LogP contribution in [0.15, 0.2) is 72.3 Å². The van der Waals surface area contributed by atoms with Crippen molar-refractivity contribution in [1.82, 2.24) is 0 Å². The number of carbonyl (C=O) groups excluding carboxylic acids is 1. The topological polar surface area (TPSA) is 17.1 Å². The van der Waals surface area contributed by atoms with Gasteiger partial charge < -0.3 is 0 Å². The lowest BCUT2D eigenvalue weighted by Gasteiger charge is -2.02. The van der Waals surface area contributed by atoms with Gasteiger partial charge in [-0.1, -0.05) is 66.2 Å². The Morgan fingerprint density at radius 1 is 0.842 bits per heavy atom. The fraction of sp³-hybridized carbons (Fsp3) is 0.167. The average molecular weight is 250 g/mol. The summed E-state index contributed by atoms with van der Waals surface area (Å²) >= 11 is 0. The Bertz CT molecular complexity index is 553. The van der Waals surface area contributed by atoms with Gasteiger partial charge in [0.1, 0.15) is 0 Å². The summed E-state index contributed by atoms with van der Waals surface area (Å²) in [5, 5.41) is 0. The number of carbonyl (C=O) groups is 1. The average Bonchev–Trinajstić information content (AvgIpc) is 2.40. The zero-order chi connectivity index (χ0) is 13.5. The minimum absolute atomic E-state index is 0.166. The highest BCUT2D eigenvalue weighted by Crippen LogP contribution is 2.08. The first-order valence-electron chi connectivity index (χ1n) is 6.52. The Kier molecular flexibility index (Phi) is 4.68. The lowest BCUT2D eigenvalue weighted by molar-refractivity contribution is -0.114. The third-order valence-corrected chi connectivity index (χ3v) is 2.95. The normalized spacial score (nSPS) is 11.3. The molecule has 0 aliphatic heterocycles. The van der Waals surface area contributed by atoms with Crippen LogP contribution in [-0.4, -0.2) is 5.78 Å². The molecular formula is C18H18O. The quantitative estimate of drug-likeness (QED) is 0.733. The lowest BCUT2D eigenvalue weighted by atomic mass is 10.0. The smallest absolute Gasteiger partial charge is 0.160 e. The largest absolute Gasteiger partial charge is 0.294 e. The monoisotopic (exact) mass is 250 g/mol. The van der Waals surface area contributed by atoms with E-state index in [4.69, 9.17) is 0 Å². The molecule has 0 aliphatic carbocycles. The first-order valence-corrected chi connectivity index (χ1v) is 6.52. The van der Waals surface area contributed by atoms with Crippen molar-refractivity contribution in [2.45, 2.75) is 19.8 Å². The van der Waals surface area contributed by atoms with Crippen LogP contribution in [0, 0.1) is 0 Å². The van der Waals surface area contributed by atoms with Gasteiger partial charge in [0, 0.05) is 6.42 Å². The van der Waals surface area contributed by atoms with Crippen molar-refractivity contribution >= 4 is 5.78 Å². The van der Waals surface area contributed by atoms with Gasteiger partial charge >= 0.3 is 0 Å². The Morgan fingerprint density at radius 3 is 1.84 bits per heavy atom. The summed E-state index contributed by atoms with van der Waals surface area (Å²) in [7, 11) is 0. The number of ketones is 1. The predicted molar refractivity (Wildman–Crippen MR) is 79.1 cm³/mol. The van der Waals surface area contributed by atoms with Crippen molar-refractivity contribution in [2.75, 3.05) is 0 Å². The lowest BCUT2D eigenvalue weighted by Crippen LogP contribution is -2.00. The van der Waals surface area contributed by atoms with E-state index in [1.807, 2.05) is 55.5 Å². The fourth-order valence-electron chi connectivity index (χ4n) is 2.09. The highest BCUT2D eigenvalue weighted by molar-refractivity contribution is 5.92. The summed E-state index contributed by atoms with van der Waals surface area (Å²) in [6.45, 7) is 2.01. The third-order valence-electron chi connectivity index (χ3n) is 2.95. The number of benzene rings is 2. The summed E-state index contributed by atoms with van der Waals surface area (Å²) in [4.78, 5) is 11.9. The Hall–Kier alpha value is -2.15. The van der Waals surface area contributed by atoms with Crippen LogP contribution in [0.3, 0.4) is 0 Å². The van der Waals surface area contributed by atoms with Crippen LogP contribution in [-0.2, 0) is 17.6 Å². The number of hydrogen-bond donors (Lipinski definition) is 0. The van der Waals surface area contributed by atoms with Crippen LogP contribution in [0.2, 0.25) is 0 Å². The molecule has 2 aromatic rings. The molecule has 2 aromatic carbocycles. The second kappa shape index (κ2) is 6.69. The third kappa shape index (κ3) is 4.55. The molecule has 0 spiro atoms. The second-order valence-corrected chi connectivity index (χ2v) is 4.78. The summed E-state index contributed by atoms with van der Waals surface area (Å²) in [5.74, 6) is 0.166. The number of hydrogen-bond acceptors (Lipinski definition) is 1. The highest BCUT2D eigenvalue weighted by Gasteiger charge is 2.01. The van der Waals surface area contributed by atoms with E-state index in [0.717, 1.165) is 17.6 Å². The van der Waals surface area contributed by atoms with E-state index in [1.54, 1.807) is 6.08 Å². The minimum atomic E-state index is 0.166. The molecule has 0 fully saturated rings. The van der Waals surface area contributed by atoms with Gasteiger partial charge in [-0.15, -0.1) is 0 Å². The van der Waals surface area contributed by atoms with Crippen molar-refractivity contribution in [3.63, 3.8) is 0 Å². The Morgan fingerprint density at radius 2 is 1.32 bits per heavy atom. The van der Waals surface area contributed by atoms with Crippen LogP contribution in [0.4, 0.5) is 0 Å². The van der Waals surface area contributed by atoms with Gasteiger partial charge in [-0.25, -0.2) is 0 Å². The molecule has 0 N–H and O–H groups in total. The van der Waals surface area contributed by atoms with Crippen molar-refractivity contribution in [3.8, 4) is 0 Å². The van der Waals surface area contributed by atoms with E-state index in [2.05, 4.69) is 12.1 Å². The van der Waals surface area contributed by atoms with Crippen molar-refractivity contribution in [2.24, 2.45) is 0 Å². The van der Waals surface area contributed by atoms with Gasteiger partial charge in [0.2, 0.25) is 0 Å². The zero-order valence-corrected chi connectivity index (χ0v) is 11.2. The zero-order valence-electron chi connectivity index (χ0n) is 11.2. The van der Waals surface area contributed by atoms with E-state index < -0.39 is 0 Å². The van der Waals surface area contributed by atoms with Gasteiger partial charge in [0.15, 0.2) is 5.78 Å². The molecule has 19 heavy (non-hydrogen) atoms. The van der Waals surface area contributed by atoms with Gasteiger partial charge in [0.05, 0.1) is 0 Å². The number of allylic oxidation sites excluding steroid dienone is 2. The Labute approximate surface area is 114 Å². The molecule has 0 aliphatic rings. The summed E-state index contributed by atoms with van der Waals surface area (Å²) in [5.41, 5.74) is 3.41.